The maximum Gasteiger partial charge on any atom is 0.119 e. The molecule has 0 spiro atoms. The van der Waals surface area contributed by atoms with E-state index in [1.54, 1.807) is 21.3 Å². The van der Waals surface area contributed by atoms with E-state index in [1.807, 2.05) is 48.5 Å². The fraction of sp³-hybridized carbons (Fsp3) is 0.429. The minimum absolute atomic E-state index is 0.221. The molecule has 1 atom stereocenters. The molecule has 0 amide bonds. The van der Waals surface area contributed by atoms with Gasteiger partial charge in [-0.25, -0.2) is 0 Å². The summed E-state index contributed by atoms with van der Waals surface area (Å²) in [6.45, 7) is 2.75. The average molecular weight is 375 g/mol. The van der Waals surface area contributed by atoms with Crippen molar-refractivity contribution in [1.82, 2.24) is 4.90 Å². The highest BCUT2D eigenvalue weighted by molar-refractivity contribution is 5.31. The number of ether oxygens (including phenoxy) is 4. The molecule has 0 heterocycles. The van der Waals surface area contributed by atoms with Crippen molar-refractivity contribution >= 4 is 0 Å². The largest absolute Gasteiger partial charge is 0.497 e. The van der Waals surface area contributed by atoms with E-state index in [-0.39, 0.29) is 6.61 Å². The van der Waals surface area contributed by atoms with E-state index >= 15 is 0 Å². The number of aliphatic hydroxyl groups excluding tert-OH is 1. The van der Waals surface area contributed by atoms with Gasteiger partial charge in [-0.2, -0.15) is 0 Å². The molecule has 0 radical (unpaired) electrons. The fourth-order valence-corrected chi connectivity index (χ4v) is 2.66. The quantitative estimate of drug-likeness (QED) is 0.615. The van der Waals surface area contributed by atoms with E-state index in [1.165, 1.54) is 0 Å². The van der Waals surface area contributed by atoms with Crippen LogP contribution in [-0.2, 0) is 11.3 Å². The summed E-state index contributed by atoms with van der Waals surface area (Å²) in [4.78, 5) is 2.15. The van der Waals surface area contributed by atoms with E-state index in [4.69, 9.17) is 18.9 Å². The normalized spacial score (nSPS) is 12.0. The van der Waals surface area contributed by atoms with Gasteiger partial charge in [0.05, 0.1) is 20.8 Å². The Morgan fingerprint density at radius 3 is 1.96 bits per heavy atom. The summed E-state index contributed by atoms with van der Waals surface area (Å²) in [7, 11) is 4.95. The smallest absolute Gasteiger partial charge is 0.119 e. The van der Waals surface area contributed by atoms with Gasteiger partial charge in [-0.1, -0.05) is 12.1 Å². The van der Waals surface area contributed by atoms with Gasteiger partial charge in [0.1, 0.15) is 30.0 Å². The third-order valence-electron chi connectivity index (χ3n) is 4.15. The molecule has 6 heteroatoms. The van der Waals surface area contributed by atoms with Crippen LogP contribution in [0.1, 0.15) is 5.56 Å². The van der Waals surface area contributed by atoms with Gasteiger partial charge in [0.15, 0.2) is 0 Å². The molecule has 0 aromatic heterocycles. The van der Waals surface area contributed by atoms with Crippen LogP contribution in [0.3, 0.4) is 0 Å². The molecule has 0 aliphatic carbocycles. The van der Waals surface area contributed by atoms with Crippen LogP contribution < -0.4 is 14.2 Å². The average Bonchev–Trinajstić information content (AvgIpc) is 2.71. The van der Waals surface area contributed by atoms with Gasteiger partial charge < -0.3 is 24.1 Å². The topological polar surface area (TPSA) is 60.4 Å². The summed E-state index contributed by atoms with van der Waals surface area (Å²) < 4.78 is 21.2. The Morgan fingerprint density at radius 2 is 1.41 bits per heavy atom. The Morgan fingerprint density at radius 1 is 0.852 bits per heavy atom. The summed E-state index contributed by atoms with van der Waals surface area (Å²) in [5, 5.41) is 10.4. The monoisotopic (exact) mass is 375 g/mol. The first-order valence-electron chi connectivity index (χ1n) is 8.93. The van der Waals surface area contributed by atoms with Crippen LogP contribution >= 0.6 is 0 Å². The van der Waals surface area contributed by atoms with Crippen LogP contribution in [0, 0.1) is 0 Å². The first kappa shape index (κ1) is 21.0. The third-order valence-corrected chi connectivity index (χ3v) is 4.15. The number of methoxy groups -OCH3 is 3. The number of rotatable bonds is 12. The molecule has 0 aliphatic heterocycles. The second-order valence-corrected chi connectivity index (χ2v) is 6.22. The zero-order valence-electron chi connectivity index (χ0n) is 16.3. The maximum atomic E-state index is 10.4. The summed E-state index contributed by atoms with van der Waals surface area (Å²) in [5.74, 6) is 2.30. The molecular formula is C21H29NO5. The minimum atomic E-state index is -0.609. The number of nitrogens with zero attached hydrogens (tertiary/aromatic N) is 1. The SMILES string of the molecule is COCCN(Cc1ccc(OC)cc1)C[C@@H](O)COc1ccc(OC)cc1. The van der Waals surface area contributed by atoms with Crippen LogP contribution in [0.5, 0.6) is 17.2 Å². The lowest BCUT2D eigenvalue weighted by Gasteiger charge is -2.25. The van der Waals surface area contributed by atoms with Crippen molar-refractivity contribution in [2.45, 2.75) is 12.6 Å². The fourth-order valence-electron chi connectivity index (χ4n) is 2.66. The van der Waals surface area contributed by atoms with Gasteiger partial charge in [-0.15, -0.1) is 0 Å². The number of aliphatic hydroxyl groups is 1. The van der Waals surface area contributed by atoms with E-state index < -0.39 is 6.10 Å². The lowest BCUT2D eigenvalue weighted by molar-refractivity contribution is 0.0542. The second-order valence-electron chi connectivity index (χ2n) is 6.22. The predicted octanol–water partition coefficient (Wildman–Crippen LogP) is 2.59. The molecule has 27 heavy (non-hydrogen) atoms. The molecule has 0 saturated heterocycles. The molecule has 0 aliphatic rings. The van der Waals surface area contributed by atoms with Crippen LogP contribution in [0.2, 0.25) is 0 Å². The maximum absolute atomic E-state index is 10.4. The van der Waals surface area contributed by atoms with E-state index in [9.17, 15) is 5.11 Å². The molecular weight excluding hydrogens is 346 g/mol. The Bertz CT molecular complexity index is 645. The van der Waals surface area contributed by atoms with Crippen molar-refractivity contribution in [2.24, 2.45) is 0 Å². The van der Waals surface area contributed by atoms with Crippen LogP contribution in [0.15, 0.2) is 48.5 Å². The summed E-state index contributed by atoms with van der Waals surface area (Å²) >= 11 is 0. The van der Waals surface area contributed by atoms with Crippen LogP contribution in [-0.4, -0.2) is 63.7 Å². The molecule has 0 bridgehead atoms. The third kappa shape index (κ3) is 7.46. The molecule has 6 nitrogen and oxygen atoms in total. The Hall–Kier alpha value is -2.28. The summed E-state index contributed by atoms with van der Waals surface area (Å²) in [5.41, 5.74) is 1.15. The van der Waals surface area contributed by atoms with E-state index in [2.05, 4.69) is 4.90 Å². The zero-order valence-corrected chi connectivity index (χ0v) is 16.3. The summed E-state index contributed by atoms with van der Waals surface area (Å²) in [6.07, 6.45) is -0.609. The van der Waals surface area contributed by atoms with Crippen molar-refractivity contribution < 1.29 is 24.1 Å². The van der Waals surface area contributed by atoms with Crippen LogP contribution in [0.25, 0.3) is 0 Å². The van der Waals surface area contributed by atoms with E-state index in [0.717, 1.165) is 23.6 Å². The van der Waals surface area contributed by atoms with Crippen molar-refractivity contribution in [2.75, 3.05) is 47.6 Å². The number of hydrogen-bond donors (Lipinski definition) is 1. The van der Waals surface area contributed by atoms with E-state index in [0.29, 0.717) is 25.4 Å². The van der Waals surface area contributed by atoms with Crippen molar-refractivity contribution in [3.8, 4) is 17.2 Å². The lowest BCUT2D eigenvalue weighted by atomic mass is 10.2. The first-order valence-corrected chi connectivity index (χ1v) is 8.93. The van der Waals surface area contributed by atoms with Gasteiger partial charge in [0.2, 0.25) is 0 Å². The van der Waals surface area contributed by atoms with Gasteiger partial charge in [-0.05, 0) is 42.0 Å². The molecule has 0 unspecified atom stereocenters. The molecule has 0 saturated carbocycles. The van der Waals surface area contributed by atoms with Crippen molar-refractivity contribution in [3.63, 3.8) is 0 Å². The van der Waals surface area contributed by atoms with Gasteiger partial charge in [0.25, 0.3) is 0 Å². The first-order chi connectivity index (χ1) is 13.1. The predicted molar refractivity (Wildman–Crippen MR) is 105 cm³/mol. The Kier molecular flexibility index (Phi) is 8.91. The molecule has 0 fully saturated rings. The second kappa shape index (κ2) is 11.4. The highest BCUT2D eigenvalue weighted by Crippen LogP contribution is 2.17. The van der Waals surface area contributed by atoms with Crippen molar-refractivity contribution in [1.29, 1.82) is 0 Å². The minimum Gasteiger partial charge on any atom is -0.497 e. The van der Waals surface area contributed by atoms with Crippen molar-refractivity contribution in [3.05, 3.63) is 54.1 Å². The van der Waals surface area contributed by atoms with Gasteiger partial charge in [-0.3, -0.25) is 4.90 Å². The van der Waals surface area contributed by atoms with Gasteiger partial charge >= 0.3 is 0 Å². The Labute approximate surface area is 161 Å². The molecule has 1 N–H and O–H groups in total. The van der Waals surface area contributed by atoms with Crippen LogP contribution in [0.4, 0.5) is 0 Å². The highest BCUT2D eigenvalue weighted by atomic mass is 16.5. The number of benzene rings is 2. The molecule has 2 aromatic rings. The number of hydrogen-bond acceptors (Lipinski definition) is 6. The summed E-state index contributed by atoms with van der Waals surface area (Å²) in [6, 6.07) is 15.2. The highest BCUT2D eigenvalue weighted by Gasteiger charge is 2.13. The molecule has 2 rings (SSSR count). The Balaban J connectivity index is 1.86. The molecule has 148 valence electrons. The standard InChI is InChI=1S/C21H29NO5/c1-24-13-12-22(14-17-4-6-19(25-2)7-5-17)15-18(23)16-27-21-10-8-20(26-3)9-11-21/h4-11,18,23H,12-16H2,1-3H3/t18-/m1/s1. The lowest BCUT2D eigenvalue weighted by Crippen LogP contribution is -2.37. The zero-order chi connectivity index (χ0) is 19.5. The van der Waals surface area contributed by atoms with Gasteiger partial charge in [0, 0.05) is 26.7 Å². The molecule has 2 aromatic carbocycles.